The Balaban J connectivity index is 2.07. The summed E-state index contributed by atoms with van der Waals surface area (Å²) < 4.78 is 0. The van der Waals surface area contributed by atoms with Gasteiger partial charge >= 0.3 is 5.97 Å². The van der Waals surface area contributed by atoms with Crippen LogP contribution in [-0.2, 0) is 9.59 Å². The van der Waals surface area contributed by atoms with Crippen LogP contribution < -0.4 is 0 Å². The van der Waals surface area contributed by atoms with Gasteiger partial charge in [-0.05, 0) is 44.9 Å². The van der Waals surface area contributed by atoms with Crippen LogP contribution >= 0.6 is 0 Å². The molecule has 2 atom stereocenters. The predicted molar refractivity (Wildman–Crippen MR) is 131 cm³/mol. The molecule has 176 valence electrons. The van der Waals surface area contributed by atoms with Gasteiger partial charge in [0.25, 0.3) is 0 Å². The summed E-state index contributed by atoms with van der Waals surface area (Å²) in [6.07, 6.45) is 31.5. The molecule has 0 aromatic rings. The van der Waals surface area contributed by atoms with E-state index in [1.807, 2.05) is 12.2 Å². The van der Waals surface area contributed by atoms with E-state index in [0.29, 0.717) is 6.42 Å². The van der Waals surface area contributed by atoms with Gasteiger partial charge in [-0.15, -0.1) is 0 Å². The molecule has 2 N–H and O–H groups in total. The van der Waals surface area contributed by atoms with Gasteiger partial charge in [0.05, 0.1) is 6.10 Å². The lowest BCUT2D eigenvalue weighted by Gasteiger charge is -2.20. The minimum Gasteiger partial charge on any atom is -0.480 e. The van der Waals surface area contributed by atoms with Crippen LogP contribution in [0, 0.1) is 0 Å². The summed E-state index contributed by atoms with van der Waals surface area (Å²) in [4.78, 5) is 24.6. The number of hydrogen-bond acceptors (Lipinski definition) is 3. The Kier molecular flexibility index (Phi) is 15.4. The van der Waals surface area contributed by atoms with E-state index in [2.05, 4.69) is 67.7 Å². The lowest BCUT2D eigenvalue weighted by molar-refractivity contribution is -0.148. The fourth-order valence-corrected chi connectivity index (χ4v) is 3.31. The number of aliphatic carboxylic acids is 1. The monoisotopic (exact) mass is 441 g/mol. The highest BCUT2D eigenvalue weighted by atomic mass is 16.4. The molecular formula is C27H39NO4. The Bertz CT molecular complexity index is 715. The number of hydrogen-bond donors (Lipinski definition) is 2. The van der Waals surface area contributed by atoms with Crippen molar-refractivity contribution in [3.8, 4) is 0 Å². The van der Waals surface area contributed by atoms with Gasteiger partial charge in [-0.25, -0.2) is 4.79 Å². The molecule has 1 amide bonds. The maximum absolute atomic E-state index is 12.2. The molecule has 5 nitrogen and oxygen atoms in total. The molecule has 1 rings (SSSR count). The standard InChI is InChI=1S/C27H39NO4/c1-2-3-4-5-6-7-8-9-10-11-12-13-14-15-16-17-18-19-20-21-26(30)28-23-24(29)22-25(28)27(31)32/h3-4,6-7,9-10,12-13,15-16,18-19,24-25,29H,2,5,8,11,14,17,20-23H2,1H3,(H,31,32)/b4-3+,7-6+,10-9+,13-12+,16-15+,19-18+. The molecule has 0 radical (unpaired) electrons. The first kappa shape index (κ1) is 27.4. The summed E-state index contributed by atoms with van der Waals surface area (Å²) in [6.45, 7) is 2.25. The van der Waals surface area contributed by atoms with E-state index in [0.717, 1.165) is 38.5 Å². The van der Waals surface area contributed by atoms with Crippen molar-refractivity contribution in [1.29, 1.82) is 0 Å². The Morgan fingerprint density at radius 1 is 0.781 bits per heavy atom. The van der Waals surface area contributed by atoms with Gasteiger partial charge in [-0.2, -0.15) is 0 Å². The third kappa shape index (κ3) is 12.9. The van der Waals surface area contributed by atoms with E-state index in [9.17, 15) is 14.7 Å². The van der Waals surface area contributed by atoms with Crippen LogP contribution in [-0.4, -0.2) is 45.7 Å². The maximum atomic E-state index is 12.2. The first-order valence-corrected chi connectivity index (χ1v) is 11.7. The van der Waals surface area contributed by atoms with Crippen molar-refractivity contribution in [2.45, 2.75) is 76.9 Å². The number of aliphatic hydroxyl groups is 1. The van der Waals surface area contributed by atoms with Gasteiger partial charge in [-0.1, -0.05) is 79.8 Å². The zero-order valence-electron chi connectivity index (χ0n) is 19.3. The molecule has 0 aromatic carbocycles. The average molecular weight is 442 g/mol. The van der Waals surface area contributed by atoms with Gasteiger partial charge < -0.3 is 15.1 Å². The largest absolute Gasteiger partial charge is 0.480 e. The highest BCUT2D eigenvalue weighted by Gasteiger charge is 2.38. The van der Waals surface area contributed by atoms with Crippen LogP contribution in [0.25, 0.3) is 0 Å². The summed E-state index contributed by atoms with van der Waals surface area (Å²) in [5, 5.41) is 18.8. The van der Waals surface area contributed by atoms with Crippen molar-refractivity contribution in [2.75, 3.05) is 6.54 Å². The molecule has 1 aliphatic heterocycles. The zero-order valence-corrected chi connectivity index (χ0v) is 19.3. The number of carbonyl (C=O) groups is 2. The second-order valence-electron chi connectivity index (χ2n) is 7.74. The SMILES string of the molecule is CC/C=C/C/C=C/C/C=C/C/C=C/C/C=C/C/C=C/CCC(=O)N1CC(O)CC1C(=O)O. The number of likely N-dealkylation sites (tertiary alicyclic amines) is 1. The van der Waals surface area contributed by atoms with Crippen molar-refractivity contribution >= 4 is 11.9 Å². The van der Waals surface area contributed by atoms with E-state index >= 15 is 0 Å². The molecule has 0 aliphatic carbocycles. The molecule has 0 saturated carbocycles. The molecule has 1 saturated heterocycles. The summed E-state index contributed by atoms with van der Waals surface area (Å²) >= 11 is 0. The lowest BCUT2D eigenvalue weighted by Crippen LogP contribution is -2.40. The molecule has 0 aromatic heterocycles. The number of carbonyl (C=O) groups excluding carboxylic acids is 1. The van der Waals surface area contributed by atoms with Crippen molar-refractivity contribution in [1.82, 2.24) is 4.90 Å². The number of nitrogens with zero attached hydrogens (tertiary/aromatic N) is 1. The van der Waals surface area contributed by atoms with E-state index < -0.39 is 18.1 Å². The topological polar surface area (TPSA) is 77.8 Å². The Morgan fingerprint density at radius 2 is 1.22 bits per heavy atom. The first-order chi connectivity index (χ1) is 15.6. The number of amides is 1. The van der Waals surface area contributed by atoms with Gasteiger partial charge in [0.2, 0.25) is 5.91 Å². The molecule has 0 bridgehead atoms. The minimum absolute atomic E-state index is 0.111. The summed E-state index contributed by atoms with van der Waals surface area (Å²) in [5.41, 5.74) is 0. The van der Waals surface area contributed by atoms with Crippen molar-refractivity contribution in [3.05, 3.63) is 72.9 Å². The second-order valence-corrected chi connectivity index (χ2v) is 7.74. The molecular weight excluding hydrogens is 402 g/mol. The van der Waals surface area contributed by atoms with E-state index in [1.54, 1.807) is 0 Å². The first-order valence-electron chi connectivity index (χ1n) is 11.7. The third-order valence-electron chi connectivity index (χ3n) is 5.01. The molecule has 2 unspecified atom stereocenters. The highest BCUT2D eigenvalue weighted by molar-refractivity contribution is 5.84. The van der Waals surface area contributed by atoms with Crippen molar-refractivity contribution in [2.24, 2.45) is 0 Å². The summed E-state index contributed by atoms with van der Waals surface area (Å²) in [7, 11) is 0. The van der Waals surface area contributed by atoms with E-state index in [-0.39, 0.29) is 25.3 Å². The Morgan fingerprint density at radius 3 is 1.66 bits per heavy atom. The summed E-state index contributed by atoms with van der Waals surface area (Å²) in [5.74, 6) is -1.27. The van der Waals surface area contributed by atoms with E-state index in [1.165, 1.54) is 4.90 Å². The molecule has 1 fully saturated rings. The van der Waals surface area contributed by atoms with E-state index in [4.69, 9.17) is 5.11 Å². The van der Waals surface area contributed by atoms with Gasteiger partial charge in [0, 0.05) is 19.4 Å². The van der Waals surface area contributed by atoms with Crippen molar-refractivity contribution in [3.63, 3.8) is 0 Å². The van der Waals surface area contributed by atoms with Gasteiger partial charge in [0.1, 0.15) is 6.04 Å². The Hall–Kier alpha value is -2.66. The lowest BCUT2D eigenvalue weighted by atomic mass is 10.2. The number of allylic oxidation sites excluding steroid dienone is 12. The quantitative estimate of drug-likeness (QED) is 0.329. The van der Waals surface area contributed by atoms with Crippen molar-refractivity contribution < 1.29 is 19.8 Å². The van der Waals surface area contributed by atoms with Gasteiger partial charge in [-0.3, -0.25) is 4.79 Å². The third-order valence-corrected chi connectivity index (χ3v) is 5.01. The second kappa shape index (κ2) is 18.0. The van der Waals surface area contributed by atoms with Crippen LogP contribution in [0.3, 0.4) is 0 Å². The number of rotatable bonds is 15. The number of carboxylic acids is 1. The molecule has 0 spiro atoms. The maximum Gasteiger partial charge on any atom is 0.326 e. The predicted octanol–water partition coefficient (Wildman–Crippen LogP) is 5.51. The molecule has 5 heteroatoms. The fourth-order valence-electron chi connectivity index (χ4n) is 3.31. The minimum atomic E-state index is -1.05. The van der Waals surface area contributed by atoms with Gasteiger partial charge in [0.15, 0.2) is 0 Å². The number of β-amino-alcohol motifs (C(OH)–C–C–N with tert-alkyl or cyclic N) is 1. The fraction of sp³-hybridized carbons (Fsp3) is 0.481. The number of aliphatic hydroxyl groups excluding tert-OH is 1. The highest BCUT2D eigenvalue weighted by Crippen LogP contribution is 2.19. The van der Waals surface area contributed by atoms with Crippen LogP contribution in [0.4, 0.5) is 0 Å². The van der Waals surface area contributed by atoms with Crippen LogP contribution in [0.5, 0.6) is 0 Å². The van der Waals surface area contributed by atoms with Crippen LogP contribution in [0.1, 0.15) is 64.7 Å². The smallest absolute Gasteiger partial charge is 0.326 e. The normalized spacial score (nSPS) is 19.9. The number of carboxylic acid groups (broad SMARTS) is 1. The average Bonchev–Trinajstić information content (AvgIpc) is 3.17. The zero-order chi connectivity index (χ0) is 23.4. The Labute approximate surface area is 193 Å². The van der Waals surface area contributed by atoms with Crippen LogP contribution in [0.2, 0.25) is 0 Å². The molecule has 32 heavy (non-hydrogen) atoms. The molecule has 1 aliphatic rings. The summed E-state index contributed by atoms with van der Waals surface area (Å²) in [6, 6.07) is -0.900. The molecule has 1 heterocycles. The van der Waals surface area contributed by atoms with Crippen LogP contribution in [0.15, 0.2) is 72.9 Å².